The normalized spacial score (nSPS) is 19.6. The van der Waals surface area contributed by atoms with E-state index in [-0.39, 0.29) is 0 Å². The SMILES string of the molecule is CC[C@]12COCCN1c1nc(-n3ccnc3-c3ccccc3)ncc1-n1c(C)nnc12. The van der Waals surface area contributed by atoms with Crippen molar-refractivity contribution in [2.45, 2.75) is 25.8 Å². The second kappa shape index (κ2) is 6.71. The van der Waals surface area contributed by atoms with E-state index in [0.29, 0.717) is 19.2 Å². The highest BCUT2D eigenvalue weighted by Crippen LogP contribution is 2.44. The molecule has 0 aliphatic carbocycles. The third-order valence-electron chi connectivity index (χ3n) is 6.26. The lowest BCUT2D eigenvalue weighted by molar-refractivity contribution is 0.0390. The molecule has 5 heterocycles. The van der Waals surface area contributed by atoms with Gasteiger partial charge in [0, 0.05) is 24.5 Å². The number of anilines is 1. The van der Waals surface area contributed by atoms with E-state index in [1.54, 1.807) is 6.20 Å². The van der Waals surface area contributed by atoms with E-state index < -0.39 is 5.54 Å². The molecule has 0 bridgehead atoms. The van der Waals surface area contributed by atoms with Gasteiger partial charge in [-0.1, -0.05) is 37.3 Å². The summed E-state index contributed by atoms with van der Waals surface area (Å²) in [7, 11) is 0. The molecule has 31 heavy (non-hydrogen) atoms. The fraction of sp³-hybridized carbons (Fsp3) is 0.318. The smallest absolute Gasteiger partial charge is 0.237 e. The molecule has 156 valence electrons. The summed E-state index contributed by atoms with van der Waals surface area (Å²) < 4.78 is 9.91. The molecule has 4 aromatic rings. The highest BCUT2D eigenvalue weighted by atomic mass is 16.5. The molecular formula is C22H22N8O. The summed E-state index contributed by atoms with van der Waals surface area (Å²) in [6.45, 7) is 6.06. The Morgan fingerprint density at radius 2 is 2.00 bits per heavy atom. The largest absolute Gasteiger partial charge is 0.377 e. The van der Waals surface area contributed by atoms with Crippen molar-refractivity contribution in [3.8, 4) is 23.0 Å². The van der Waals surface area contributed by atoms with Crippen LogP contribution in [0.5, 0.6) is 0 Å². The summed E-state index contributed by atoms with van der Waals surface area (Å²) in [6, 6.07) is 10.1. The third kappa shape index (κ3) is 2.50. The minimum Gasteiger partial charge on any atom is -0.377 e. The zero-order chi connectivity index (χ0) is 21.0. The predicted octanol–water partition coefficient (Wildman–Crippen LogP) is 2.67. The molecule has 1 atom stereocenters. The summed E-state index contributed by atoms with van der Waals surface area (Å²) in [6.07, 6.45) is 6.37. The van der Waals surface area contributed by atoms with Gasteiger partial charge in [0.15, 0.2) is 11.6 Å². The molecular weight excluding hydrogens is 392 g/mol. The van der Waals surface area contributed by atoms with Crippen LogP contribution in [0.4, 0.5) is 5.82 Å². The first-order chi connectivity index (χ1) is 15.2. The first-order valence-corrected chi connectivity index (χ1v) is 10.5. The van der Waals surface area contributed by atoms with E-state index >= 15 is 0 Å². The fourth-order valence-electron chi connectivity index (χ4n) is 4.68. The lowest BCUT2D eigenvalue weighted by Gasteiger charge is -2.49. The van der Waals surface area contributed by atoms with Crippen molar-refractivity contribution in [2.75, 3.05) is 24.7 Å². The molecule has 0 unspecified atom stereocenters. The van der Waals surface area contributed by atoms with Crippen LogP contribution in [-0.2, 0) is 10.3 Å². The van der Waals surface area contributed by atoms with Crippen molar-refractivity contribution in [3.63, 3.8) is 0 Å². The van der Waals surface area contributed by atoms with Crippen molar-refractivity contribution in [2.24, 2.45) is 0 Å². The summed E-state index contributed by atoms with van der Waals surface area (Å²) in [4.78, 5) is 16.6. The van der Waals surface area contributed by atoms with Gasteiger partial charge in [0.1, 0.15) is 22.9 Å². The van der Waals surface area contributed by atoms with Crippen molar-refractivity contribution < 1.29 is 4.74 Å². The van der Waals surface area contributed by atoms with Crippen LogP contribution in [0.25, 0.3) is 23.0 Å². The maximum absolute atomic E-state index is 5.91. The van der Waals surface area contributed by atoms with Gasteiger partial charge in [-0.3, -0.25) is 9.13 Å². The molecule has 0 radical (unpaired) electrons. The third-order valence-corrected chi connectivity index (χ3v) is 6.26. The molecule has 1 aromatic carbocycles. The van der Waals surface area contributed by atoms with E-state index in [2.05, 4.69) is 31.6 Å². The molecule has 9 nitrogen and oxygen atoms in total. The van der Waals surface area contributed by atoms with Gasteiger partial charge < -0.3 is 9.64 Å². The standard InChI is InChI=1S/C22H22N8O/c1-3-22-14-31-12-11-29(22)19-17(30-15(2)26-27-20(22)30)13-24-21(25-19)28-10-9-23-18(28)16-7-5-4-6-8-16/h4-10,13H,3,11-12,14H2,1-2H3/t22-/m1/s1. The highest BCUT2D eigenvalue weighted by Gasteiger charge is 2.49. The lowest BCUT2D eigenvalue weighted by Crippen LogP contribution is -2.58. The van der Waals surface area contributed by atoms with Gasteiger partial charge in [0.05, 0.1) is 19.4 Å². The van der Waals surface area contributed by atoms with Crippen LogP contribution in [0, 0.1) is 6.92 Å². The average molecular weight is 414 g/mol. The van der Waals surface area contributed by atoms with Gasteiger partial charge in [0.2, 0.25) is 5.95 Å². The molecule has 0 spiro atoms. The van der Waals surface area contributed by atoms with Gasteiger partial charge in [-0.25, -0.2) is 9.97 Å². The Balaban J connectivity index is 1.55. The molecule has 2 aliphatic rings. The van der Waals surface area contributed by atoms with Crippen LogP contribution in [0.3, 0.4) is 0 Å². The summed E-state index contributed by atoms with van der Waals surface area (Å²) in [5.41, 5.74) is 1.52. The lowest BCUT2D eigenvalue weighted by atomic mass is 9.90. The van der Waals surface area contributed by atoms with Crippen LogP contribution < -0.4 is 4.90 Å². The number of imidazole rings is 1. The number of nitrogens with zero attached hydrogens (tertiary/aromatic N) is 8. The topological polar surface area (TPSA) is 86.8 Å². The Bertz CT molecular complexity index is 1260. The Labute approximate surface area is 179 Å². The van der Waals surface area contributed by atoms with Gasteiger partial charge in [-0.2, -0.15) is 4.98 Å². The quantitative estimate of drug-likeness (QED) is 0.509. The Morgan fingerprint density at radius 1 is 1.13 bits per heavy atom. The zero-order valence-corrected chi connectivity index (χ0v) is 17.4. The van der Waals surface area contributed by atoms with E-state index in [1.807, 2.05) is 54.2 Å². The zero-order valence-electron chi connectivity index (χ0n) is 17.4. The minimum absolute atomic E-state index is 0.394. The maximum Gasteiger partial charge on any atom is 0.237 e. The van der Waals surface area contributed by atoms with Gasteiger partial charge in [-0.05, 0) is 13.3 Å². The number of ether oxygens (including phenoxy) is 1. The number of aryl methyl sites for hydroxylation is 1. The van der Waals surface area contributed by atoms with Crippen LogP contribution in [0.15, 0.2) is 48.9 Å². The van der Waals surface area contributed by atoms with Crippen LogP contribution in [0.1, 0.15) is 25.0 Å². The average Bonchev–Trinajstić information content (AvgIpc) is 3.47. The predicted molar refractivity (Wildman–Crippen MR) is 114 cm³/mol. The number of fused-ring (bicyclic) bond motifs is 6. The molecule has 0 amide bonds. The number of morpholine rings is 1. The van der Waals surface area contributed by atoms with Crippen LogP contribution >= 0.6 is 0 Å². The molecule has 3 aromatic heterocycles. The second-order valence-corrected chi connectivity index (χ2v) is 7.86. The second-order valence-electron chi connectivity index (χ2n) is 7.86. The van der Waals surface area contributed by atoms with Gasteiger partial charge in [0.25, 0.3) is 0 Å². The summed E-state index contributed by atoms with van der Waals surface area (Å²) in [5.74, 6) is 3.97. The molecule has 0 N–H and O–H groups in total. The monoisotopic (exact) mass is 414 g/mol. The molecule has 0 saturated carbocycles. The molecule has 1 saturated heterocycles. The molecule has 1 fully saturated rings. The van der Waals surface area contributed by atoms with Crippen LogP contribution in [0.2, 0.25) is 0 Å². The van der Waals surface area contributed by atoms with Crippen LogP contribution in [-0.4, -0.2) is 54.0 Å². The van der Waals surface area contributed by atoms with E-state index in [9.17, 15) is 0 Å². The number of benzene rings is 1. The molecule has 6 rings (SSSR count). The highest BCUT2D eigenvalue weighted by molar-refractivity contribution is 5.65. The summed E-state index contributed by atoms with van der Waals surface area (Å²) >= 11 is 0. The van der Waals surface area contributed by atoms with Crippen molar-refractivity contribution >= 4 is 5.82 Å². The number of rotatable bonds is 3. The Hall–Kier alpha value is -3.59. The minimum atomic E-state index is -0.394. The number of aromatic nitrogens is 7. The number of hydrogen-bond acceptors (Lipinski definition) is 7. The first kappa shape index (κ1) is 18.2. The van der Waals surface area contributed by atoms with E-state index in [4.69, 9.17) is 14.7 Å². The Kier molecular flexibility index (Phi) is 3.94. The van der Waals surface area contributed by atoms with Crippen molar-refractivity contribution in [3.05, 3.63) is 60.6 Å². The maximum atomic E-state index is 5.91. The first-order valence-electron chi connectivity index (χ1n) is 10.5. The van der Waals surface area contributed by atoms with E-state index in [0.717, 1.165) is 47.5 Å². The summed E-state index contributed by atoms with van der Waals surface area (Å²) in [5, 5.41) is 8.90. The van der Waals surface area contributed by atoms with Gasteiger partial charge >= 0.3 is 0 Å². The number of hydrogen-bond donors (Lipinski definition) is 0. The molecule has 2 aliphatic heterocycles. The van der Waals surface area contributed by atoms with Gasteiger partial charge in [-0.15, -0.1) is 10.2 Å². The Morgan fingerprint density at radius 3 is 2.84 bits per heavy atom. The fourth-order valence-corrected chi connectivity index (χ4v) is 4.68. The van der Waals surface area contributed by atoms with Crippen molar-refractivity contribution in [1.29, 1.82) is 0 Å². The molecule has 9 heteroatoms. The van der Waals surface area contributed by atoms with E-state index in [1.165, 1.54) is 0 Å². The van der Waals surface area contributed by atoms with Crippen molar-refractivity contribution in [1.82, 2.24) is 34.3 Å².